The van der Waals surface area contributed by atoms with E-state index in [1.807, 2.05) is 0 Å². The Labute approximate surface area is 167 Å². The van der Waals surface area contributed by atoms with Crippen LogP contribution < -0.4 is 10.6 Å². The average Bonchev–Trinajstić information content (AvgIpc) is 2.99. The van der Waals surface area contributed by atoms with Crippen LogP contribution in [0.3, 0.4) is 0 Å². The zero-order valence-corrected chi connectivity index (χ0v) is 16.3. The lowest BCUT2D eigenvalue weighted by atomic mass is 9.89. The molecule has 0 bridgehead atoms. The Morgan fingerprint density at radius 2 is 1.76 bits per heavy atom. The summed E-state index contributed by atoms with van der Waals surface area (Å²) in [6.07, 6.45) is 5.74. The van der Waals surface area contributed by atoms with E-state index in [2.05, 4.69) is 20.8 Å². The number of hydrogen-bond acceptors (Lipinski definition) is 5. The first-order valence-electron chi connectivity index (χ1n) is 9.74. The summed E-state index contributed by atoms with van der Waals surface area (Å²) in [6, 6.07) is 2.80. The highest BCUT2D eigenvalue weighted by Gasteiger charge is 2.38. The van der Waals surface area contributed by atoms with Crippen molar-refractivity contribution >= 4 is 17.5 Å². The lowest BCUT2D eigenvalue weighted by Crippen LogP contribution is -2.45. The van der Waals surface area contributed by atoms with Gasteiger partial charge in [0, 0.05) is 31.5 Å². The summed E-state index contributed by atoms with van der Waals surface area (Å²) < 4.78 is 31.7. The molecule has 0 aliphatic heterocycles. The van der Waals surface area contributed by atoms with E-state index in [-0.39, 0.29) is 30.3 Å². The smallest absolute Gasteiger partial charge is 0.227 e. The SMILES string of the molecule is CC(=O)NC1(c2noc(CCC(=O)Nc3cc(F)cc(F)c3)n2)CCCCCC1. The fraction of sp³-hybridized carbons (Fsp3) is 0.500. The zero-order chi connectivity index (χ0) is 20.9. The van der Waals surface area contributed by atoms with Gasteiger partial charge in [-0.15, -0.1) is 0 Å². The van der Waals surface area contributed by atoms with E-state index in [0.717, 1.165) is 56.7 Å². The molecule has 29 heavy (non-hydrogen) atoms. The van der Waals surface area contributed by atoms with Crippen molar-refractivity contribution in [3.63, 3.8) is 0 Å². The van der Waals surface area contributed by atoms with Gasteiger partial charge in [-0.3, -0.25) is 9.59 Å². The Bertz CT molecular complexity index is 856. The van der Waals surface area contributed by atoms with E-state index in [1.165, 1.54) is 6.92 Å². The number of nitrogens with one attached hydrogen (secondary N) is 2. The second-order valence-electron chi connectivity index (χ2n) is 7.40. The van der Waals surface area contributed by atoms with Crippen molar-refractivity contribution in [3.05, 3.63) is 41.5 Å². The number of hydrogen-bond donors (Lipinski definition) is 2. The molecule has 1 heterocycles. The van der Waals surface area contributed by atoms with Gasteiger partial charge in [0.2, 0.25) is 17.7 Å². The minimum absolute atomic E-state index is 0.00685. The van der Waals surface area contributed by atoms with Crippen molar-refractivity contribution in [1.82, 2.24) is 15.5 Å². The van der Waals surface area contributed by atoms with Gasteiger partial charge in [-0.25, -0.2) is 8.78 Å². The Morgan fingerprint density at radius 1 is 1.10 bits per heavy atom. The molecule has 156 valence electrons. The monoisotopic (exact) mass is 406 g/mol. The second kappa shape index (κ2) is 9.11. The van der Waals surface area contributed by atoms with Crippen LogP contribution in [0.2, 0.25) is 0 Å². The summed E-state index contributed by atoms with van der Waals surface area (Å²) in [4.78, 5) is 28.2. The minimum Gasteiger partial charge on any atom is -0.343 e. The van der Waals surface area contributed by atoms with Crippen LogP contribution in [0.4, 0.5) is 14.5 Å². The molecule has 2 amide bonds. The summed E-state index contributed by atoms with van der Waals surface area (Å²) in [5, 5.41) is 9.50. The number of nitrogens with zero attached hydrogens (tertiary/aromatic N) is 2. The maximum atomic E-state index is 13.2. The van der Waals surface area contributed by atoms with Crippen molar-refractivity contribution < 1.29 is 22.9 Å². The molecule has 0 saturated heterocycles. The lowest BCUT2D eigenvalue weighted by molar-refractivity contribution is -0.121. The third-order valence-electron chi connectivity index (χ3n) is 4.98. The molecule has 2 N–H and O–H groups in total. The van der Waals surface area contributed by atoms with E-state index in [9.17, 15) is 18.4 Å². The number of halogens is 2. The summed E-state index contributed by atoms with van der Waals surface area (Å²) in [5.41, 5.74) is -0.604. The Hall–Kier alpha value is -2.84. The molecule has 1 fully saturated rings. The zero-order valence-electron chi connectivity index (χ0n) is 16.3. The maximum Gasteiger partial charge on any atom is 0.227 e. The van der Waals surface area contributed by atoms with E-state index in [1.54, 1.807) is 0 Å². The molecule has 9 heteroatoms. The Balaban J connectivity index is 1.64. The van der Waals surface area contributed by atoms with Gasteiger partial charge in [0.1, 0.15) is 17.2 Å². The van der Waals surface area contributed by atoms with Gasteiger partial charge in [-0.2, -0.15) is 4.98 Å². The molecular formula is C20H24F2N4O3. The van der Waals surface area contributed by atoms with E-state index >= 15 is 0 Å². The van der Waals surface area contributed by atoms with Crippen LogP contribution in [-0.4, -0.2) is 22.0 Å². The molecule has 0 spiro atoms. The lowest BCUT2D eigenvalue weighted by Gasteiger charge is -2.30. The predicted molar refractivity (Wildman–Crippen MR) is 101 cm³/mol. The minimum atomic E-state index is -0.770. The number of carbonyl (C=O) groups is 2. The van der Waals surface area contributed by atoms with Crippen molar-refractivity contribution in [2.45, 2.75) is 63.8 Å². The summed E-state index contributed by atoms with van der Waals surface area (Å²) >= 11 is 0. The summed E-state index contributed by atoms with van der Waals surface area (Å²) in [5.74, 6) is -1.42. The Kier molecular flexibility index (Phi) is 6.56. The fourth-order valence-corrected chi connectivity index (χ4v) is 3.69. The summed E-state index contributed by atoms with van der Waals surface area (Å²) in [6.45, 7) is 1.47. The van der Waals surface area contributed by atoms with Crippen LogP contribution in [0.25, 0.3) is 0 Å². The second-order valence-corrected chi connectivity index (χ2v) is 7.40. The number of anilines is 1. The molecule has 1 aromatic heterocycles. The predicted octanol–water partition coefficient (Wildman–Crippen LogP) is 3.60. The highest BCUT2D eigenvalue weighted by Crippen LogP contribution is 2.34. The van der Waals surface area contributed by atoms with Crippen LogP contribution in [0.1, 0.15) is 63.6 Å². The molecule has 0 atom stereocenters. The molecule has 1 aliphatic rings. The maximum absolute atomic E-state index is 13.2. The van der Waals surface area contributed by atoms with E-state index in [4.69, 9.17) is 4.52 Å². The number of amides is 2. The van der Waals surface area contributed by atoms with Crippen LogP contribution in [-0.2, 0) is 21.5 Å². The van der Waals surface area contributed by atoms with Gasteiger partial charge in [0.25, 0.3) is 0 Å². The van der Waals surface area contributed by atoms with Gasteiger partial charge in [0.15, 0.2) is 5.82 Å². The largest absolute Gasteiger partial charge is 0.343 e. The van der Waals surface area contributed by atoms with Crippen molar-refractivity contribution in [2.24, 2.45) is 0 Å². The van der Waals surface area contributed by atoms with Crippen LogP contribution in [0.5, 0.6) is 0 Å². The van der Waals surface area contributed by atoms with Gasteiger partial charge in [-0.1, -0.05) is 30.8 Å². The van der Waals surface area contributed by atoms with Gasteiger partial charge < -0.3 is 15.2 Å². The molecule has 0 radical (unpaired) electrons. The summed E-state index contributed by atoms with van der Waals surface area (Å²) in [7, 11) is 0. The number of aryl methyl sites for hydroxylation is 1. The third-order valence-corrected chi connectivity index (χ3v) is 4.98. The van der Waals surface area contributed by atoms with Gasteiger partial charge in [-0.05, 0) is 25.0 Å². The van der Waals surface area contributed by atoms with Crippen molar-refractivity contribution in [2.75, 3.05) is 5.32 Å². The molecule has 2 aromatic rings. The molecular weight excluding hydrogens is 382 g/mol. The van der Waals surface area contributed by atoms with Crippen LogP contribution >= 0.6 is 0 Å². The normalized spacial score (nSPS) is 16.1. The van der Waals surface area contributed by atoms with Gasteiger partial charge in [0.05, 0.1) is 0 Å². The third kappa shape index (κ3) is 5.58. The number of aromatic nitrogens is 2. The van der Waals surface area contributed by atoms with Crippen LogP contribution in [0.15, 0.2) is 22.7 Å². The highest BCUT2D eigenvalue weighted by atomic mass is 19.1. The van der Waals surface area contributed by atoms with Crippen LogP contribution in [0, 0.1) is 11.6 Å². The molecule has 3 rings (SSSR count). The highest BCUT2D eigenvalue weighted by molar-refractivity contribution is 5.90. The molecule has 1 saturated carbocycles. The average molecular weight is 406 g/mol. The van der Waals surface area contributed by atoms with E-state index in [0.29, 0.717) is 5.82 Å². The fourth-order valence-electron chi connectivity index (χ4n) is 3.69. The molecule has 1 aromatic carbocycles. The van der Waals surface area contributed by atoms with Crippen molar-refractivity contribution in [3.8, 4) is 0 Å². The first-order chi connectivity index (χ1) is 13.9. The topological polar surface area (TPSA) is 97.1 Å². The standard InChI is InChI=1S/C20H24F2N4O3/c1-13(27)25-20(8-4-2-3-5-9-20)19-24-18(29-26-19)7-6-17(28)23-16-11-14(21)10-15(22)12-16/h10-12H,2-9H2,1H3,(H,23,28)(H,25,27). The number of benzene rings is 1. The van der Waals surface area contributed by atoms with Crippen molar-refractivity contribution in [1.29, 1.82) is 0 Å². The number of rotatable bonds is 6. The molecule has 7 nitrogen and oxygen atoms in total. The Morgan fingerprint density at radius 3 is 2.38 bits per heavy atom. The van der Waals surface area contributed by atoms with E-state index < -0.39 is 23.1 Å². The van der Waals surface area contributed by atoms with Gasteiger partial charge >= 0.3 is 0 Å². The quantitative estimate of drug-likeness (QED) is 0.715. The first-order valence-corrected chi connectivity index (χ1v) is 9.74. The molecule has 0 unspecified atom stereocenters. The number of carbonyl (C=O) groups excluding carboxylic acids is 2. The molecule has 1 aliphatic carbocycles. The first kappa shape index (κ1) is 20.9.